The number of amides is 2. The molecule has 1 fully saturated rings. The SMILES string of the molecule is CC(C(=O)NC1CCCCC1)N(CCc1ccccc1)C(=O)CSCc1c(Cl)cccc1Cl. The fourth-order valence-electron chi connectivity index (χ4n) is 4.13. The molecule has 2 amide bonds. The highest BCUT2D eigenvalue weighted by Gasteiger charge is 2.27. The maximum atomic E-state index is 13.2. The zero-order valence-electron chi connectivity index (χ0n) is 19.1. The molecular formula is C26H32Cl2N2O2S. The molecule has 0 bridgehead atoms. The van der Waals surface area contributed by atoms with Crippen LogP contribution in [0.3, 0.4) is 0 Å². The Balaban J connectivity index is 1.62. The van der Waals surface area contributed by atoms with Crippen LogP contribution in [0.4, 0.5) is 0 Å². The lowest BCUT2D eigenvalue weighted by Gasteiger charge is -2.31. The second kappa shape index (κ2) is 13.3. The number of hydrogen-bond acceptors (Lipinski definition) is 3. The van der Waals surface area contributed by atoms with E-state index in [-0.39, 0.29) is 23.6 Å². The molecule has 2 aromatic rings. The van der Waals surface area contributed by atoms with E-state index in [2.05, 4.69) is 5.32 Å². The van der Waals surface area contributed by atoms with Crippen LogP contribution in [0.15, 0.2) is 48.5 Å². The third kappa shape index (κ3) is 7.94. The van der Waals surface area contributed by atoms with Crippen molar-refractivity contribution in [3.63, 3.8) is 0 Å². The molecule has 0 aliphatic heterocycles. The predicted molar refractivity (Wildman–Crippen MR) is 139 cm³/mol. The van der Waals surface area contributed by atoms with E-state index in [1.807, 2.05) is 43.3 Å². The first-order valence-electron chi connectivity index (χ1n) is 11.6. The second-order valence-electron chi connectivity index (χ2n) is 8.54. The molecule has 178 valence electrons. The van der Waals surface area contributed by atoms with Crippen LogP contribution in [0.1, 0.15) is 50.2 Å². The zero-order chi connectivity index (χ0) is 23.6. The lowest BCUT2D eigenvalue weighted by molar-refractivity contribution is -0.138. The largest absolute Gasteiger partial charge is 0.352 e. The van der Waals surface area contributed by atoms with E-state index in [0.29, 0.717) is 28.8 Å². The van der Waals surface area contributed by atoms with E-state index >= 15 is 0 Å². The normalized spacial score (nSPS) is 15.1. The molecule has 1 aliphatic carbocycles. The Morgan fingerprint density at radius 2 is 1.70 bits per heavy atom. The molecule has 0 radical (unpaired) electrons. The first kappa shape index (κ1) is 25.9. The van der Waals surface area contributed by atoms with Crippen LogP contribution in [0.2, 0.25) is 10.0 Å². The van der Waals surface area contributed by atoms with E-state index in [1.165, 1.54) is 18.2 Å². The van der Waals surface area contributed by atoms with Gasteiger partial charge in [0.2, 0.25) is 11.8 Å². The van der Waals surface area contributed by atoms with Crippen molar-refractivity contribution < 1.29 is 9.59 Å². The van der Waals surface area contributed by atoms with Gasteiger partial charge < -0.3 is 10.2 Å². The predicted octanol–water partition coefficient (Wildman–Crippen LogP) is 6.14. The summed E-state index contributed by atoms with van der Waals surface area (Å²) in [7, 11) is 0. The number of carbonyl (C=O) groups excluding carboxylic acids is 2. The number of nitrogens with one attached hydrogen (secondary N) is 1. The molecule has 1 saturated carbocycles. The standard InChI is InChI=1S/C26H32Cl2N2O2S/c1-19(26(32)29-21-11-6-3-7-12-21)30(16-15-20-9-4-2-5-10-20)25(31)18-33-17-22-23(27)13-8-14-24(22)28/h2,4-5,8-10,13-14,19,21H,3,6-7,11-12,15-18H2,1H3,(H,29,32). The van der Waals surface area contributed by atoms with Gasteiger partial charge in [0.05, 0.1) is 5.75 Å². The van der Waals surface area contributed by atoms with Gasteiger partial charge >= 0.3 is 0 Å². The number of nitrogens with zero attached hydrogens (tertiary/aromatic N) is 1. The molecule has 33 heavy (non-hydrogen) atoms. The summed E-state index contributed by atoms with van der Waals surface area (Å²) in [6.07, 6.45) is 6.27. The number of thioether (sulfide) groups is 1. The van der Waals surface area contributed by atoms with Crippen LogP contribution in [-0.4, -0.2) is 41.1 Å². The van der Waals surface area contributed by atoms with Crippen LogP contribution in [0.25, 0.3) is 0 Å². The summed E-state index contributed by atoms with van der Waals surface area (Å²) < 4.78 is 0. The van der Waals surface area contributed by atoms with Gasteiger partial charge in [-0.15, -0.1) is 11.8 Å². The minimum Gasteiger partial charge on any atom is -0.352 e. The van der Waals surface area contributed by atoms with Gasteiger partial charge in [-0.25, -0.2) is 0 Å². The van der Waals surface area contributed by atoms with Gasteiger partial charge in [0.15, 0.2) is 0 Å². The average Bonchev–Trinajstić information content (AvgIpc) is 2.82. The molecule has 1 N–H and O–H groups in total. The second-order valence-corrected chi connectivity index (χ2v) is 10.3. The number of halogens is 2. The first-order chi connectivity index (χ1) is 16.0. The molecule has 2 aromatic carbocycles. The maximum Gasteiger partial charge on any atom is 0.242 e. The number of carbonyl (C=O) groups is 2. The van der Waals surface area contributed by atoms with Crippen LogP contribution < -0.4 is 5.32 Å². The summed E-state index contributed by atoms with van der Waals surface area (Å²) in [5, 5.41) is 4.38. The summed E-state index contributed by atoms with van der Waals surface area (Å²) >= 11 is 14.0. The molecular weight excluding hydrogens is 475 g/mol. The van der Waals surface area contributed by atoms with Crippen molar-refractivity contribution in [2.75, 3.05) is 12.3 Å². The summed E-state index contributed by atoms with van der Waals surface area (Å²) in [4.78, 5) is 27.9. The van der Waals surface area contributed by atoms with Crippen molar-refractivity contribution in [2.24, 2.45) is 0 Å². The molecule has 1 aliphatic rings. The van der Waals surface area contributed by atoms with Gasteiger partial charge in [0.25, 0.3) is 0 Å². The van der Waals surface area contributed by atoms with Gasteiger partial charge in [-0.2, -0.15) is 0 Å². The number of rotatable bonds is 10. The molecule has 3 rings (SSSR count). The van der Waals surface area contributed by atoms with E-state index in [4.69, 9.17) is 23.2 Å². The average molecular weight is 508 g/mol. The van der Waals surface area contributed by atoms with Gasteiger partial charge in [-0.1, -0.05) is 78.9 Å². The Labute approximate surface area is 211 Å². The van der Waals surface area contributed by atoms with Crippen LogP contribution in [0, 0.1) is 0 Å². The van der Waals surface area contributed by atoms with E-state index in [9.17, 15) is 9.59 Å². The van der Waals surface area contributed by atoms with Crippen molar-refractivity contribution in [1.29, 1.82) is 0 Å². The summed E-state index contributed by atoms with van der Waals surface area (Å²) in [6.45, 7) is 2.33. The highest BCUT2D eigenvalue weighted by molar-refractivity contribution is 7.99. The topological polar surface area (TPSA) is 49.4 Å². The fraction of sp³-hybridized carbons (Fsp3) is 0.462. The highest BCUT2D eigenvalue weighted by atomic mass is 35.5. The first-order valence-corrected chi connectivity index (χ1v) is 13.5. The van der Waals surface area contributed by atoms with Crippen molar-refractivity contribution in [3.05, 3.63) is 69.7 Å². The van der Waals surface area contributed by atoms with Crippen LogP contribution >= 0.6 is 35.0 Å². The van der Waals surface area contributed by atoms with Gasteiger partial charge in [0, 0.05) is 28.4 Å². The van der Waals surface area contributed by atoms with Crippen molar-refractivity contribution in [2.45, 2.75) is 63.3 Å². The van der Waals surface area contributed by atoms with E-state index in [1.54, 1.807) is 17.0 Å². The molecule has 1 unspecified atom stereocenters. The van der Waals surface area contributed by atoms with Gasteiger partial charge in [-0.3, -0.25) is 9.59 Å². The molecule has 1 atom stereocenters. The Morgan fingerprint density at radius 1 is 1.03 bits per heavy atom. The Kier molecular flexibility index (Phi) is 10.4. The highest BCUT2D eigenvalue weighted by Crippen LogP contribution is 2.28. The Morgan fingerprint density at radius 3 is 2.36 bits per heavy atom. The quantitative estimate of drug-likeness (QED) is 0.421. The zero-order valence-corrected chi connectivity index (χ0v) is 21.4. The molecule has 0 heterocycles. The summed E-state index contributed by atoms with van der Waals surface area (Å²) in [5.41, 5.74) is 1.98. The summed E-state index contributed by atoms with van der Waals surface area (Å²) in [6, 6.07) is 15.2. The van der Waals surface area contributed by atoms with Gasteiger partial charge in [0.1, 0.15) is 6.04 Å². The van der Waals surface area contributed by atoms with Crippen LogP contribution in [0.5, 0.6) is 0 Å². The molecule has 7 heteroatoms. The minimum atomic E-state index is -0.521. The monoisotopic (exact) mass is 506 g/mol. The molecule has 0 spiro atoms. The third-order valence-corrected chi connectivity index (χ3v) is 7.79. The number of hydrogen-bond donors (Lipinski definition) is 1. The molecule has 4 nitrogen and oxygen atoms in total. The Bertz CT molecular complexity index is 900. The minimum absolute atomic E-state index is 0.0506. The van der Waals surface area contributed by atoms with Gasteiger partial charge in [-0.05, 0) is 49.4 Å². The maximum absolute atomic E-state index is 13.2. The van der Waals surface area contributed by atoms with E-state index < -0.39 is 6.04 Å². The fourth-order valence-corrected chi connectivity index (χ4v) is 5.78. The van der Waals surface area contributed by atoms with Crippen molar-refractivity contribution in [1.82, 2.24) is 10.2 Å². The number of benzene rings is 2. The van der Waals surface area contributed by atoms with E-state index in [0.717, 1.165) is 36.8 Å². The molecule has 0 aromatic heterocycles. The third-order valence-electron chi connectivity index (χ3n) is 6.14. The lowest BCUT2D eigenvalue weighted by Crippen LogP contribution is -2.51. The summed E-state index contributed by atoms with van der Waals surface area (Å²) in [5.74, 6) is 0.685. The van der Waals surface area contributed by atoms with Crippen molar-refractivity contribution >= 4 is 46.8 Å². The van der Waals surface area contributed by atoms with Crippen molar-refractivity contribution in [3.8, 4) is 0 Å². The van der Waals surface area contributed by atoms with Crippen LogP contribution in [-0.2, 0) is 21.8 Å². The Hall–Kier alpha value is -1.69. The lowest BCUT2D eigenvalue weighted by atomic mass is 9.95. The molecule has 0 saturated heterocycles. The smallest absolute Gasteiger partial charge is 0.242 e.